The number of hydrogen-bond acceptors (Lipinski definition) is 6. The Kier molecular flexibility index (Phi) is 4.42. The summed E-state index contributed by atoms with van der Waals surface area (Å²) in [5, 5.41) is 0.659. The monoisotopic (exact) mass is 374 g/mol. The van der Waals surface area contributed by atoms with Gasteiger partial charge in [-0.15, -0.1) is 11.3 Å². The molecule has 8 heteroatoms. The molecule has 0 atom stereocenters. The molecule has 1 aliphatic rings. The SMILES string of the molecule is O=C(COc1cccc(F)c1)OCc1nc2sc3c(c2c(=O)[nH]1)CCC3. The molecule has 0 unspecified atom stereocenters. The molecule has 134 valence electrons. The van der Waals surface area contributed by atoms with Crippen molar-refractivity contribution in [2.45, 2.75) is 25.9 Å². The summed E-state index contributed by atoms with van der Waals surface area (Å²) in [7, 11) is 0. The second-order valence-corrected chi connectivity index (χ2v) is 7.04. The number of nitrogens with one attached hydrogen (secondary N) is 1. The van der Waals surface area contributed by atoms with Gasteiger partial charge >= 0.3 is 5.97 Å². The van der Waals surface area contributed by atoms with Crippen molar-refractivity contribution in [2.24, 2.45) is 0 Å². The van der Waals surface area contributed by atoms with Gasteiger partial charge in [0.25, 0.3) is 5.56 Å². The maximum atomic E-state index is 13.0. The van der Waals surface area contributed by atoms with Gasteiger partial charge in [-0.3, -0.25) is 4.79 Å². The first kappa shape index (κ1) is 16.7. The van der Waals surface area contributed by atoms with Crippen LogP contribution in [0, 0.1) is 5.82 Å². The van der Waals surface area contributed by atoms with Crippen molar-refractivity contribution in [3.63, 3.8) is 0 Å². The topological polar surface area (TPSA) is 81.3 Å². The van der Waals surface area contributed by atoms with Gasteiger partial charge in [0, 0.05) is 10.9 Å². The molecule has 0 spiro atoms. The normalized spacial score (nSPS) is 13.0. The molecule has 0 amide bonds. The van der Waals surface area contributed by atoms with E-state index in [0.29, 0.717) is 16.0 Å². The number of nitrogens with zero attached hydrogens (tertiary/aromatic N) is 1. The quantitative estimate of drug-likeness (QED) is 0.695. The molecule has 6 nitrogen and oxygen atoms in total. The van der Waals surface area contributed by atoms with E-state index in [1.54, 1.807) is 6.07 Å². The number of aromatic nitrogens is 2. The van der Waals surface area contributed by atoms with E-state index in [1.807, 2.05) is 0 Å². The summed E-state index contributed by atoms with van der Waals surface area (Å²) in [5.41, 5.74) is 0.905. The fourth-order valence-electron chi connectivity index (χ4n) is 3.00. The highest BCUT2D eigenvalue weighted by atomic mass is 32.1. The molecule has 4 rings (SSSR count). The number of carbonyl (C=O) groups excluding carboxylic acids is 1. The summed E-state index contributed by atoms with van der Waals surface area (Å²) in [4.78, 5) is 33.1. The maximum Gasteiger partial charge on any atom is 0.344 e. The average molecular weight is 374 g/mol. The first-order chi connectivity index (χ1) is 12.6. The van der Waals surface area contributed by atoms with Crippen molar-refractivity contribution in [3.05, 3.63) is 56.7 Å². The Morgan fingerprint density at radius 2 is 2.23 bits per heavy atom. The molecular formula is C18H15FN2O4S. The third-order valence-corrected chi connectivity index (χ3v) is 5.33. The Balaban J connectivity index is 1.40. The molecule has 1 N–H and O–H groups in total. The van der Waals surface area contributed by atoms with Gasteiger partial charge in [-0.2, -0.15) is 0 Å². The molecule has 0 bridgehead atoms. The lowest BCUT2D eigenvalue weighted by Gasteiger charge is -2.07. The van der Waals surface area contributed by atoms with Gasteiger partial charge < -0.3 is 14.5 Å². The molecular weight excluding hydrogens is 359 g/mol. The van der Waals surface area contributed by atoms with Crippen molar-refractivity contribution < 1.29 is 18.7 Å². The maximum absolute atomic E-state index is 13.0. The number of H-pyrrole nitrogens is 1. The molecule has 3 aromatic rings. The molecule has 26 heavy (non-hydrogen) atoms. The van der Waals surface area contributed by atoms with Gasteiger partial charge in [0.2, 0.25) is 0 Å². The van der Waals surface area contributed by atoms with Crippen LogP contribution in [0.4, 0.5) is 4.39 Å². The van der Waals surface area contributed by atoms with Crippen LogP contribution in [0.5, 0.6) is 5.75 Å². The predicted molar refractivity (Wildman–Crippen MR) is 94.0 cm³/mol. The number of halogens is 1. The van der Waals surface area contributed by atoms with Crippen LogP contribution in [0.3, 0.4) is 0 Å². The van der Waals surface area contributed by atoms with E-state index in [9.17, 15) is 14.0 Å². The van der Waals surface area contributed by atoms with Crippen LogP contribution in [-0.4, -0.2) is 22.5 Å². The highest BCUT2D eigenvalue weighted by Gasteiger charge is 2.21. The molecule has 0 aliphatic heterocycles. The van der Waals surface area contributed by atoms with Gasteiger partial charge in [0.1, 0.15) is 28.8 Å². The van der Waals surface area contributed by atoms with Crippen molar-refractivity contribution in [2.75, 3.05) is 6.61 Å². The van der Waals surface area contributed by atoms with Gasteiger partial charge in [-0.25, -0.2) is 14.2 Å². The van der Waals surface area contributed by atoms with E-state index in [0.717, 1.165) is 24.8 Å². The van der Waals surface area contributed by atoms with E-state index in [-0.39, 0.29) is 24.5 Å². The molecule has 1 aliphatic carbocycles. The van der Waals surface area contributed by atoms with Gasteiger partial charge in [0.15, 0.2) is 6.61 Å². The molecule has 0 radical (unpaired) electrons. The number of carbonyl (C=O) groups is 1. The van der Waals surface area contributed by atoms with Crippen LogP contribution in [0.25, 0.3) is 10.2 Å². The molecule has 1 aromatic carbocycles. The number of aryl methyl sites for hydroxylation is 2. The van der Waals surface area contributed by atoms with E-state index in [4.69, 9.17) is 9.47 Å². The van der Waals surface area contributed by atoms with Crippen molar-refractivity contribution in [1.29, 1.82) is 0 Å². The smallest absolute Gasteiger partial charge is 0.344 e. The number of esters is 1. The minimum absolute atomic E-state index is 0.154. The number of aromatic amines is 1. The summed E-state index contributed by atoms with van der Waals surface area (Å²) >= 11 is 1.53. The number of fused-ring (bicyclic) bond motifs is 3. The first-order valence-electron chi connectivity index (χ1n) is 8.17. The highest BCUT2D eigenvalue weighted by molar-refractivity contribution is 7.18. The third-order valence-electron chi connectivity index (χ3n) is 4.15. The molecule has 2 heterocycles. The molecule has 0 fully saturated rings. The summed E-state index contributed by atoms with van der Waals surface area (Å²) in [5.74, 6) is -0.552. The Bertz CT molecular complexity index is 1040. The molecule has 0 saturated heterocycles. The zero-order valence-electron chi connectivity index (χ0n) is 13.7. The van der Waals surface area contributed by atoms with Crippen LogP contribution >= 0.6 is 11.3 Å². The zero-order chi connectivity index (χ0) is 18.1. The Morgan fingerprint density at radius 3 is 3.08 bits per heavy atom. The second kappa shape index (κ2) is 6.87. The summed E-state index contributed by atoms with van der Waals surface area (Å²) in [6, 6.07) is 5.48. The lowest BCUT2D eigenvalue weighted by atomic mass is 10.2. The standard InChI is InChI=1S/C18H15FN2O4S/c19-10-3-1-4-11(7-10)24-9-15(22)25-8-14-20-17(23)16-12-5-2-6-13(12)26-18(16)21-14/h1,3-4,7H,2,5-6,8-9H2,(H,20,21,23). The molecule has 0 saturated carbocycles. The van der Waals surface area contributed by atoms with Gasteiger partial charge in [-0.05, 0) is 37.0 Å². The lowest BCUT2D eigenvalue weighted by Crippen LogP contribution is -2.18. The number of hydrogen-bond donors (Lipinski definition) is 1. The number of benzene rings is 1. The predicted octanol–water partition coefficient (Wildman–Crippen LogP) is 2.73. The van der Waals surface area contributed by atoms with Crippen LogP contribution in [-0.2, 0) is 29.0 Å². The van der Waals surface area contributed by atoms with E-state index in [2.05, 4.69) is 9.97 Å². The highest BCUT2D eigenvalue weighted by Crippen LogP contribution is 2.34. The van der Waals surface area contributed by atoms with Crippen molar-refractivity contribution in [1.82, 2.24) is 9.97 Å². The fraction of sp³-hybridized carbons (Fsp3) is 0.278. The lowest BCUT2D eigenvalue weighted by molar-refractivity contribution is -0.147. The second-order valence-electron chi connectivity index (χ2n) is 5.96. The van der Waals surface area contributed by atoms with Gasteiger partial charge in [0.05, 0.1) is 5.39 Å². The summed E-state index contributed by atoms with van der Waals surface area (Å²) in [6.07, 6.45) is 2.96. The van der Waals surface area contributed by atoms with Crippen molar-refractivity contribution in [3.8, 4) is 5.75 Å². The van der Waals surface area contributed by atoms with E-state index >= 15 is 0 Å². The van der Waals surface area contributed by atoms with Crippen LogP contribution < -0.4 is 10.3 Å². The first-order valence-corrected chi connectivity index (χ1v) is 8.99. The van der Waals surface area contributed by atoms with Crippen LogP contribution in [0.1, 0.15) is 22.7 Å². The van der Waals surface area contributed by atoms with Crippen LogP contribution in [0.15, 0.2) is 29.1 Å². The zero-order valence-corrected chi connectivity index (χ0v) is 14.5. The fourth-order valence-corrected chi connectivity index (χ4v) is 4.29. The van der Waals surface area contributed by atoms with Crippen molar-refractivity contribution >= 4 is 27.5 Å². The van der Waals surface area contributed by atoms with Crippen LogP contribution in [0.2, 0.25) is 0 Å². The average Bonchev–Trinajstić information content (AvgIpc) is 3.18. The number of thiophene rings is 1. The minimum atomic E-state index is -0.634. The largest absolute Gasteiger partial charge is 0.482 e. The Morgan fingerprint density at radius 1 is 1.35 bits per heavy atom. The molecule has 2 aromatic heterocycles. The summed E-state index contributed by atoms with van der Waals surface area (Å²) < 4.78 is 23.3. The number of rotatable bonds is 5. The summed E-state index contributed by atoms with van der Waals surface area (Å²) in [6.45, 7) is -0.512. The van der Waals surface area contributed by atoms with Gasteiger partial charge in [-0.1, -0.05) is 6.07 Å². The third kappa shape index (κ3) is 3.32. The number of ether oxygens (including phenoxy) is 2. The Hall–Kier alpha value is -2.74. The Labute approximate surface area is 151 Å². The van der Waals surface area contributed by atoms with E-state index in [1.165, 1.54) is 34.4 Å². The van der Waals surface area contributed by atoms with E-state index < -0.39 is 11.8 Å². The minimum Gasteiger partial charge on any atom is -0.482 e.